The van der Waals surface area contributed by atoms with Gasteiger partial charge in [0.15, 0.2) is 122 Å². The highest BCUT2D eigenvalue weighted by Crippen LogP contribution is 2.35. The van der Waals surface area contributed by atoms with E-state index in [-0.39, 0.29) is 94.1 Å². The van der Waals surface area contributed by atoms with Crippen LogP contribution in [0.1, 0.15) is 160 Å². The molecule has 136 heavy (non-hydrogen) atoms. The van der Waals surface area contributed by atoms with Crippen LogP contribution in [-0.4, -0.2) is 327 Å². The number of benzene rings is 8. The van der Waals surface area contributed by atoms with Crippen LogP contribution in [0.5, 0.6) is 92.0 Å². The molecule has 0 spiro atoms. The number of ketones is 3. The van der Waals surface area contributed by atoms with Gasteiger partial charge in [0.25, 0.3) is 0 Å². The van der Waals surface area contributed by atoms with E-state index in [9.17, 15) is 146 Å². The zero-order valence-electron chi connectivity index (χ0n) is 73.8. The van der Waals surface area contributed by atoms with Gasteiger partial charge in [-0.1, -0.05) is 77.9 Å². The van der Waals surface area contributed by atoms with E-state index in [0.717, 1.165) is 98.5 Å². The van der Waals surface area contributed by atoms with Crippen LogP contribution < -0.4 is 0 Å². The number of Topliss-reactive ketones (excluding diaryl/α,β-unsaturated/α-hetero) is 3. The highest BCUT2D eigenvalue weighted by atomic mass is 16.6. The van der Waals surface area contributed by atoms with Crippen molar-refractivity contribution >= 4 is 41.2 Å². The van der Waals surface area contributed by atoms with Gasteiger partial charge in [-0.3, -0.25) is 14.4 Å². The summed E-state index contributed by atoms with van der Waals surface area (Å²) >= 11 is 0. The first-order valence-electron chi connectivity index (χ1n) is 40.5. The molecule has 0 aliphatic rings. The smallest absolute Gasteiger partial charge is 0.339 e. The van der Waals surface area contributed by atoms with E-state index in [1.165, 1.54) is 67.6 Å². The first-order chi connectivity index (χ1) is 62.9. The largest absolute Gasteiger partial charge is 0.504 e. The number of carbonyl (C=O) groups excluding carboxylic acids is 7. The van der Waals surface area contributed by atoms with E-state index >= 15 is 0 Å². The first kappa shape index (κ1) is 123. The summed E-state index contributed by atoms with van der Waals surface area (Å²) in [6.07, 6.45) is -25.7. The molecule has 0 amide bonds. The van der Waals surface area contributed by atoms with Gasteiger partial charge >= 0.3 is 23.9 Å². The lowest BCUT2D eigenvalue weighted by Crippen LogP contribution is -2.48. The number of aryl methyl sites for hydroxylation is 2. The first-order valence-corrected chi connectivity index (χ1v) is 40.5. The summed E-state index contributed by atoms with van der Waals surface area (Å²) in [6.45, 7) is 9.51. The molecule has 8 aromatic carbocycles. The number of carbonyl (C=O) groups is 7. The van der Waals surface area contributed by atoms with Crippen molar-refractivity contribution in [1.82, 2.24) is 0 Å². The highest BCUT2D eigenvalue weighted by molar-refractivity contribution is 5.91. The number of hydrogen-bond acceptors (Lipinski definition) is 45. The Bertz CT molecular complexity index is 5030. The van der Waals surface area contributed by atoms with E-state index in [0.29, 0.717) is 12.0 Å². The second kappa shape index (κ2) is 60.9. The summed E-state index contributed by atoms with van der Waals surface area (Å²) in [6, 6.07) is 30.6. The normalized spacial score (nSPS) is 14.6. The Balaban J connectivity index is 0.00000156. The van der Waals surface area contributed by atoms with E-state index in [1.807, 2.05) is 20.8 Å². The Hall–Kier alpha value is -13.3. The van der Waals surface area contributed by atoms with E-state index in [4.69, 9.17) is 66.0 Å². The van der Waals surface area contributed by atoms with Crippen LogP contribution in [0, 0.1) is 6.92 Å². The number of hydrogen-bond donors (Lipinski definition) is 34. The SMILES string of the molecule is C.CC(=O)C(O)C(O)C(O)C(O)COC(=O)c1ccc(O)c(O)c1.CC(=O)C(O)C(O)C(O)COC(=O)C(O)c1ccc(O)c(O)c1.CC(=O)C(O)c1ccc(O)c(O)c1.CCC(O)C(O)C(O)C(O)COC(=O)c1ccc(O)c(O)c1.CCC(O)C(O)C(O)COC(=O)C(O)c1ccc(O)c(O)c1.CCCC(O)c1ccc(O)c(O)c1.CCc1ccc(O)c(O)c1.Cc1ccc(O)c(O)c1. The Kier molecular flexibility index (Phi) is 54.9. The van der Waals surface area contributed by atoms with Crippen LogP contribution in [-0.2, 0) is 49.3 Å². The molecule has 8 aromatic rings. The van der Waals surface area contributed by atoms with Gasteiger partial charge in [0, 0.05) is 0 Å². The van der Waals surface area contributed by atoms with Crippen molar-refractivity contribution in [2.24, 2.45) is 0 Å². The summed E-state index contributed by atoms with van der Waals surface area (Å²) in [5.74, 6) is -11.1. The second-order valence-electron chi connectivity index (χ2n) is 29.4. The topological polar surface area (TPSA) is 844 Å². The molecular formula is C91H122O45. The van der Waals surface area contributed by atoms with Crippen molar-refractivity contribution in [3.05, 3.63) is 190 Å². The fourth-order valence-corrected chi connectivity index (χ4v) is 10.2. The van der Waals surface area contributed by atoms with Crippen LogP contribution in [0.2, 0.25) is 0 Å². The van der Waals surface area contributed by atoms with Gasteiger partial charge < -0.3 is 193 Å². The van der Waals surface area contributed by atoms with Crippen LogP contribution >= 0.6 is 0 Å². The van der Waals surface area contributed by atoms with Crippen molar-refractivity contribution in [1.29, 1.82) is 0 Å². The van der Waals surface area contributed by atoms with E-state index in [2.05, 4.69) is 14.2 Å². The third kappa shape index (κ3) is 41.7. The molecule has 0 aliphatic heterocycles. The number of phenols is 16. The fraction of sp³-hybridized carbons (Fsp3) is 0.396. The molecule has 0 bridgehead atoms. The average Bonchev–Trinajstić information content (AvgIpc) is 0.824. The van der Waals surface area contributed by atoms with Crippen LogP contribution in [0.15, 0.2) is 146 Å². The maximum Gasteiger partial charge on any atom is 0.339 e. The molecule has 18 unspecified atom stereocenters. The quantitative estimate of drug-likeness (QED) is 0.0153. The molecule has 0 aliphatic carbocycles. The number of phenolic OH excluding ortho intramolecular Hbond substituents is 16. The predicted octanol–water partition coefficient (Wildman–Crippen LogP) is 1.26. The molecule has 0 saturated carbocycles. The zero-order chi connectivity index (χ0) is 103. The van der Waals surface area contributed by atoms with Crippen LogP contribution in [0.3, 0.4) is 0 Å². The molecule has 0 aromatic heterocycles. The monoisotopic (exact) mass is 1930 g/mol. The third-order valence-corrected chi connectivity index (χ3v) is 18.7. The minimum atomic E-state index is -1.95. The number of ether oxygens (including phenoxy) is 4. The number of aromatic hydroxyl groups is 16. The lowest BCUT2D eigenvalue weighted by molar-refractivity contribution is -0.162. The van der Waals surface area contributed by atoms with Gasteiger partial charge in [-0.05, 0) is 196 Å². The lowest BCUT2D eigenvalue weighted by Gasteiger charge is -2.25. The highest BCUT2D eigenvalue weighted by Gasteiger charge is 2.36. The van der Waals surface area contributed by atoms with Gasteiger partial charge in [-0.2, -0.15) is 0 Å². The molecule has 0 fully saturated rings. The summed E-state index contributed by atoms with van der Waals surface area (Å²) < 4.78 is 18.6. The van der Waals surface area contributed by atoms with Gasteiger partial charge in [0.2, 0.25) is 0 Å². The van der Waals surface area contributed by atoms with Crippen LogP contribution in [0.25, 0.3) is 0 Å². The molecule has 8 rings (SSSR count). The maximum atomic E-state index is 11.7. The number of aliphatic hydroxyl groups excluding tert-OH is 18. The maximum absolute atomic E-state index is 11.7. The van der Waals surface area contributed by atoms with Crippen molar-refractivity contribution in [3.63, 3.8) is 0 Å². The molecule has 18 atom stereocenters. The summed E-state index contributed by atoms with van der Waals surface area (Å²) in [4.78, 5) is 79.1. The Morgan fingerprint density at radius 1 is 0.272 bits per heavy atom. The van der Waals surface area contributed by atoms with Crippen molar-refractivity contribution in [2.75, 3.05) is 26.4 Å². The van der Waals surface area contributed by atoms with Gasteiger partial charge in [-0.15, -0.1) is 0 Å². The fourth-order valence-electron chi connectivity index (χ4n) is 10.2. The van der Waals surface area contributed by atoms with E-state index in [1.54, 1.807) is 38.1 Å². The summed E-state index contributed by atoms with van der Waals surface area (Å²) in [5.41, 5.74) is 2.60. The molecular weight excluding hydrogens is 1810 g/mol. The van der Waals surface area contributed by atoms with Gasteiger partial charge in [0.05, 0.1) is 29.4 Å². The Labute approximate surface area is 777 Å². The minimum Gasteiger partial charge on any atom is -0.504 e. The van der Waals surface area contributed by atoms with Gasteiger partial charge in [-0.25, -0.2) is 19.2 Å². The molecule has 0 heterocycles. The van der Waals surface area contributed by atoms with Gasteiger partial charge in [0.1, 0.15) is 106 Å². The standard InChI is InChI=1S/2C14H18O9.2C14H20O8.C10H14O3.C9H10O4.C8H10O2.C7H8O2.CH4/c1-6(15)11(19)13(21)12(20)10(18)5-23-14(22)7-2-3-8(16)9(17)4-7;1-6(15)11(19)13(21)10(18)5-23-14(22)12(20)7-2-3-8(16)9(17)4-7;1-2-8(15)12(19)13(20)11(18)6-22-14(21)7-3-4-9(16)10(17)5-7;1-2-8(15)13(20)11(18)6-22-14(21)12(19)7-3-4-9(16)10(17)5-7;1-2-3-8(11)7-4-5-9(12)10(13)6-7;1-5(10)9(13)6-2-3-7(11)8(12)4-6;1-2-6-3-4-7(9)8(10)5-6;1-5-2-3-6(8)7(9)4-5;/h2*2-4,10-13,16-21H,5H2,1H3;2*3-5,8,11-13,15-20H,2,6H2,1H3;4-6,8,11-13H,2-3H2,1H3;2-4,9,11-13H,1H3;3-5,9-10H,2H2,1H3;2-4,8-9H,1H3;1H4. The Morgan fingerprint density at radius 3 is 0.860 bits per heavy atom. The molecule has 756 valence electrons. The Morgan fingerprint density at radius 2 is 0.544 bits per heavy atom. The molecule has 0 radical (unpaired) electrons. The zero-order valence-corrected chi connectivity index (χ0v) is 73.8. The number of esters is 4. The second-order valence-corrected chi connectivity index (χ2v) is 29.4. The van der Waals surface area contributed by atoms with Crippen molar-refractivity contribution in [3.8, 4) is 92.0 Å². The minimum absolute atomic E-state index is 0. The van der Waals surface area contributed by atoms with E-state index < -0.39 is 224 Å². The molecule has 0 saturated heterocycles. The van der Waals surface area contributed by atoms with Crippen molar-refractivity contribution < 1.29 is 226 Å². The summed E-state index contributed by atoms with van der Waals surface area (Å²) in [5, 5.41) is 317. The van der Waals surface area contributed by atoms with Crippen LogP contribution in [0.4, 0.5) is 0 Å². The molecule has 45 heteroatoms. The number of rotatable bonds is 34. The number of aliphatic hydroxyl groups is 18. The lowest BCUT2D eigenvalue weighted by atomic mass is 10.0. The summed E-state index contributed by atoms with van der Waals surface area (Å²) in [7, 11) is 0. The average molecular weight is 1940 g/mol. The molecule has 45 nitrogen and oxygen atoms in total. The van der Waals surface area contributed by atoms with Crippen molar-refractivity contribution in [2.45, 2.75) is 205 Å². The third-order valence-electron chi connectivity index (χ3n) is 18.7. The predicted molar refractivity (Wildman–Crippen MR) is 473 cm³/mol. The molecule has 34 N–H and O–H groups in total.